The van der Waals surface area contributed by atoms with Gasteiger partial charge in [0.05, 0.1) is 12.2 Å². The summed E-state index contributed by atoms with van der Waals surface area (Å²) < 4.78 is 6.10. The number of pyridine rings is 1. The van der Waals surface area contributed by atoms with Gasteiger partial charge in [-0.25, -0.2) is 4.98 Å². The van der Waals surface area contributed by atoms with E-state index >= 15 is 0 Å². The van der Waals surface area contributed by atoms with E-state index in [4.69, 9.17) is 10.5 Å². The number of piperidine rings is 1. The number of nitrogens with two attached hydrogens (primary N) is 1. The van der Waals surface area contributed by atoms with Crippen molar-refractivity contribution < 1.29 is 9.53 Å². The number of ether oxygens (including phenoxy) is 1. The SMILES string of the molecule is CN1CCC2(CC1)CN(c1cc(C(N)=O)ccn1)CCO2. The highest BCUT2D eigenvalue weighted by Crippen LogP contribution is 2.31. The number of carbonyl (C=O) groups is 1. The summed E-state index contributed by atoms with van der Waals surface area (Å²) in [5.41, 5.74) is 5.78. The smallest absolute Gasteiger partial charge is 0.248 e. The van der Waals surface area contributed by atoms with E-state index in [-0.39, 0.29) is 5.60 Å². The van der Waals surface area contributed by atoms with Crippen molar-refractivity contribution in [2.24, 2.45) is 5.73 Å². The number of aromatic nitrogens is 1. The lowest BCUT2D eigenvalue weighted by Gasteiger charge is -2.47. The maximum absolute atomic E-state index is 11.3. The third kappa shape index (κ3) is 3.01. The van der Waals surface area contributed by atoms with Gasteiger partial charge in [0.1, 0.15) is 5.82 Å². The summed E-state index contributed by atoms with van der Waals surface area (Å²) in [5, 5.41) is 0. The average molecular weight is 290 g/mol. The third-order valence-electron chi connectivity index (χ3n) is 4.50. The molecular formula is C15H22N4O2. The van der Waals surface area contributed by atoms with Gasteiger partial charge in [0.25, 0.3) is 0 Å². The van der Waals surface area contributed by atoms with Crippen LogP contribution < -0.4 is 10.6 Å². The predicted octanol–water partition coefficient (Wildman–Crippen LogP) is 0.482. The molecule has 2 saturated heterocycles. The van der Waals surface area contributed by atoms with E-state index in [1.54, 1.807) is 18.3 Å². The standard InChI is InChI=1S/C15H22N4O2/c1-18-6-3-15(4-7-18)11-19(8-9-21-15)13-10-12(14(16)20)2-5-17-13/h2,5,10H,3-4,6-9,11H2,1H3,(H2,16,20). The van der Waals surface area contributed by atoms with Crippen LogP contribution in [0.4, 0.5) is 5.82 Å². The van der Waals surface area contributed by atoms with E-state index in [2.05, 4.69) is 21.8 Å². The summed E-state index contributed by atoms with van der Waals surface area (Å²) in [6.07, 6.45) is 3.72. The molecule has 1 aromatic heterocycles. The lowest BCUT2D eigenvalue weighted by Crippen LogP contribution is -2.56. The number of primary amides is 1. The van der Waals surface area contributed by atoms with Gasteiger partial charge >= 0.3 is 0 Å². The van der Waals surface area contributed by atoms with Gasteiger partial charge in [-0.15, -0.1) is 0 Å². The molecule has 1 aromatic rings. The van der Waals surface area contributed by atoms with E-state index in [0.29, 0.717) is 12.2 Å². The third-order valence-corrected chi connectivity index (χ3v) is 4.50. The van der Waals surface area contributed by atoms with Crippen molar-refractivity contribution in [1.82, 2.24) is 9.88 Å². The first-order valence-electron chi connectivity index (χ1n) is 7.41. The van der Waals surface area contributed by atoms with Gasteiger partial charge in [0, 0.05) is 37.9 Å². The number of nitrogens with zero attached hydrogens (tertiary/aromatic N) is 3. The summed E-state index contributed by atoms with van der Waals surface area (Å²) in [7, 11) is 2.14. The minimum absolute atomic E-state index is 0.0742. The van der Waals surface area contributed by atoms with E-state index in [9.17, 15) is 4.79 Å². The second-order valence-electron chi connectivity index (χ2n) is 6.02. The second kappa shape index (κ2) is 5.61. The summed E-state index contributed by atoms with van der Waals surface area (Å²) in [6, 6.07) is 3.42. The topological polar surface area (TPSA) is 71.7 Å². The quantitative estimate of drug-likeness (QED) is 0.858. The first kappa shape index (κ1) is 14.3. The van der Waals surface area contributed by atoms with Crippen LogP contribution in [0.1, 0.15) is 23.2 Å². The fourth-order valence-electron chi connectivity index (χ4n) is 3.11. The molecule has 3 rings (SSSR count). The Morgan fingerprint density at radius 3 is 2.86 bits per heavy atom. The minimum atomic E-state index is -0.416. The Morgan fingerprint density at radius 1 is 1.38 bits per heavy atom. The number of carbonyl (C=O) groups excluding carboxylic acids is 1. The second-order valence-corrected chi connectivity index (χ2v) is 6.02. The molecule has 21 heavy (non-hydrogen) atoms. The molecule has 2 aliphatic heterocycles. The van der Waals surface area contributed by atoms with Gasteiger partial charge in [-0.3, -0.25) is 4.79 Å². The highest BCUT2D eigenvalue weighted by atomic mass is 16.5. The minimum Gasteiger partial charge on any atom is -0.371 e. The zero-order valence-electron chi connectivity index (χ0n) is 12.4. The van der Waals surface area contributed by atoms with E-state index in [0.717, 1.165) is 44.8 Å². The van der Waals surface area contributed by atoms with Gasteiger partial charge in [-0.1, -0.05) is 0 Å². The summed E-state index contributed by atoms with van der Waals surface area (Å²) in [6.45, 7) is 4.44. The lowest BCUT2D eigenvalue weighted by atomic mass is 9.89. The number of amides is 1. The number of rotatable bonds is 2. The molecule has 2 aliphatic rings. The number of morpholine rings is 1. The lowest BCUT2D eigenvalue weighted by molar-refractivity contribution is -0.0884. The van der Waals surface area contributed by atoms with Crippen LogP contribution in [0.25, 0.3) is 0 Å². The molecule has 0 saturated carbocycles. The van der Waals surface area contributed by atoms with Crippen molar-refractivity contribution >= 4 is 11.7 Å². The normalized spacial score (nSPS) is 22.4. The molecule has 6 nitrogen and oxygen atoms in total. The van der Waals surface area contributed by atoms with Crippen molar-refractivity contribution in [2.75, 3.05) is 44.7 Å². The molecule has 0 aromatic carbocycles. The molecule has 0 unspecified atom stereocenters. The summed E-state index contributed by atoms with van der Waals surface area (Å²) in [5.74, 6) is 0.397. The van der Waals surface area contributed by atoms with E-state index in [1.807, 2.05) is 0 Å². The molecule has 2 N–H and O–H groups in total. The molecule has 3 heterocycles. The Hall–Kier alpha value is -1.66. The molecule has 6 heteroatoms. The largest absolute Gasteiger partial charge is 0.371 e. The van der Waals surface area contributed by atoms with Crippen molar-refractivity contribution in [3.05, 3.63) is 23.9 Å². The molecular weight excluding hydrogens is 268 g/mol. The Morgan fingerprint density at radius 2 is 2.14 bits per heavy atom. The van der Waals surface area contributed by atoms with Crippen LogP contribution in [0.5, 0.6) is 0 Å². The van der Waals surface area contributed by atoms with E-state index < -0.39 is 5.91 Å². The molecule has 0 radical (unpaired) electrons. The van der Waals surface area contributed by atoms with E-state index in [1.165, 1.54) is 0 Å². The molecule has 2 fully saturated rings. The van der Waals surface area contributed by atoms with Crippen LogP contribution in [0, 0.1) is 0 Å². The van der Waals surface area contributed by atoms with Gasteiger partial charge < -0.3 is 20.3 Å². The molecule has 1 amide bonds. The zero-order valence-corrected chi connectivity index (χ0v) is 12.4. The number of anilines is 1. The van der Waals surface area contributed by atoms with Crippen LogP contribution >= 0.6 is 0 Å². The van der Waals surface area contributed by atoms with Crippen molar-refractivity contribution in [1.29, 1.82) is 0 Å². The highest BCUT2D eigenvalue weighted by Gasteiger charge is 2.39. The Kier molecular flexibility index (Phi) is 3.82. The average Bonchev–Trinajstić information content (AvgIpc) is 2.51. The number of hydrogen-bond acceptors (Lipinski definition) is 5. The van der Waals surface area contributed by atoms with Crippen molar-refractivity contribution in [2.45, 2.75) is 18.4 Å². The first-order valence-corrected chi connectivity index (χ1v) is 7.41. The van der Waals surface area contributed by atoms with Gasteiger partial charge in [0.2, 0.25) is 5.91 Å². The van der Waals surface area contributed by atoms with Crippen LogP contribution in [-0.2, 0) is 4.74 Å². The van der Waals surface area contributed by atoms with Gasteiger partial charge in [-0.05, 0) is 32.0 Å². The van der Waals surface area contributed by atoms with Crippen LogP contribution in [-0.4, -0.2) is 61.2 Å². The number of hydrogen-bond donors (Lipinski definition) is 1. The highest BCUT2D eigenvalue weighted by molar-refractivity contribution is 5.93. The molecule has 0 aliphatic carbocycles. The zero-order chi connectivity index (χ0) is 14.9. The first-order chi connectivity index (χ1) is 10.1. The Bertz CT molecular complexity index is 526. The van der Waals surface area contributed by atoms with Crippen LogP contribution in [0.2, 0.25) is 0 Å². The molecule has 0 bridgehead atoms. The Labute approximate surface area is 124 Å². The summed E-state index contributed by atoms with van der Waals surface area (Å²) in [4.78, 5) is 20.2. The number of likely N-dealkylation sites (tertiary alicyclic amines) is 1. The van der Waals surface area contributed by atoms with Gasteiger partial charge in [0.15, 0.2) is 0 Å². The fraction of sp³-hybridized carbons (Fsp3) is 0.600. The summed E-state index contributed by atoms with van der Waals surface area (Å²) >= 11 is 0. The van der Waals surface area contributed by atoms with Gasteiger partial charge in [-0.2, -0.15) is 0 Å². The monoisotopic (exact) mass is 290 g/mol. The predicted molar refractivity (Wildman–Crippen MR) is 80.4 cm³/mol. The molecule has 114 valence electrons. The molecule has 0 atom stereocenters. The van der Waals surface area contributed by atoms with Crippen LogP contribution in [0.3, 0.4) is 0 Å². The Balaban J connectivity index is 1.77. The van der Waals surface area contributed by atoms with Crippen molar-refractivity contribution in [3.8, 4) is 0 Å². The molecule has 1 spiro atoms. The van der Waals surface area contributed by atoms with Crippen molar-refractivity contribution in [3.63, 3.8) is 0 Å². The maximum atomic E-state index is 11.3. The fourth-order valence-corrected chi connectivity index (χ4v) is 3.11. The van der Waals surface area contributed by atoms with Crippen LogP contribution in [0.15, 0.2) is 18.3 Å². The maximum Gasteiger partial charge on any atom is 0.248 e.